The highest BCUT2D eigenvalue weighted by molar-refractivity contribution is 7.13. The van der Waals surface area contributed by atoms with Crippen LogP contribution in [0.1, 0.15) is 40.5 Å². The smallest absolute Gasteiger partial charge is 0.369 e. The molecule has 1 aromatic rings. The Balaban J connectivity index is 1.95. The molecule has 16 heavy (non-hydrogen) atoms. The van der Waals surface area contributed by atoms with Crippen molar-refractivity contribution >= 4 is 17.3 Å². The van der Waals surface area contributed by atoms with E-state index < -0.39 is 5.97 Å². The van der Waals surface area contributed by atoms with E-state index in [1.54, 1.807) is 6.92 Å². The summed E-state index contributed by atoms with van der Waals surface area (Å²) in [6.07, 6.45) is 1.88. The molecule has 6 heteroatoms. The van der Waals surface area contributed by atoms with Crippen LogP contribution in [0.25, 0.3) is 0 Å². The van der Waals surface area contributed by atoms with Gasteiger partial charge in [0, 0.05) is 12.5 Å². The lowest BCUT2D eigenvalue weighted by molar-refractivity contribution is 0.0525. The molecule has 1 fully saturated rings. The van der Waals surface area contributed by atoms with E-state index in [-0.39, 0.29) is 6.61 Å². The standard InChI is InChI=1S/C10H14N2O3S/c1-2-15-10(14)9-12-11-8(16-9)7-3-6(4-7)5-13/h6-7,13H,2-5H2,1H3. The maximum Gasteiger partial charge on any atom is 0.369 e. The first kappa shape index (κ1) is 11.5. The first-order chi connectivity index (χ1) is 7.74. The zero-order chi connectivity index (χ0) is 11.5. The van der Waals surface area contributed by atoms with Gasteiger partial charge < -0.3 is 9.84 Å². The second-order valence-electron chi connectivity index (χ2n) is 3.88. The molecule has 0 radical (unpaired) electrons. The number of hydrogen-bond acceptors (Lipinski definition) is 6. The predicted molar refractivity (Wildman–Crippen MR) is 58.4 cm³/mol. The van der Waals surface area contributed by atoms with Crippen LogP contribution in [0.15, 0.2) is 0 Å². The fourth-order valence-electron chi connectivity index (χ4n) is 1.76. The largest absolute Gasteiger partial charge is 0.461 e. The van der Waals surface area contributed by atoms with E-state index >= 15 is 0 Å². The average molecular weight is 242 g/mol. The van der Waals surface area contributed by atoms with Crippen LogP contribution in [0.4, 0.5) is 0 Å². The summed E-state index contributed by atoms with van der Waals surface area (Å²) in [5, 5.41) is 17.9. The number of aliphatic hydroxyl groups is 1. The Labute approximate surface area is 97.5 Å². The highest BCUT2D eigenvalue weighted by Gasteiger charge is 2.32. The van der Waals surface area contributed by atoms with Crippen molar-refractivity contribution in [1.29, 1.82) is 0 Å². The molecule has 0 atom stereocenters. The molecule has 0 spiro atoms. The van der Waals surface area contributed by atoms with Crippen LogP contribution in [-0.4, -0.2) is 34.5 Å². The molecule has 0 amide bonds. The lowest BCUT2D eigenvalue weighted by atomic mass is 9.76. The van der Waals surface area contributed by atoms with Gasteiger partial charge in [-0.3, -0.25) is 0 Å². The molecule has 1 aromatic heterocycles. The number of carbonyl (C=O) groups is 1. The molecule has 1 N–H and O–H groups in total. The van der Waals surface area contributed by atoms with E-state index in [1.165, 1.54) is 11.3 Å². The van der Waals surface area contributed by atoms with Gasteiger partial charge in [0.2, 0.25) is 5.01 Å². The zero-order valence-electron chi connectivity index (χ0n) is 9.05. The van der Waals surface area contributed by atoms with E-state index in [9.17, 15) is 4.79 Å². The first-order valence-electron chi connectivity index (χ1n) is 5.36. The molecule has 0 unspecified atom stereocenters. The van der Waals surface area contributed by atoms with Crippen LogP contribution >= 0.6 is 11.3 Å². The van der Waals surface area contributed by atoms with Gasteiger partial charge in [0.25, 0.3) is 0 Å². The minimum Gasteiger partial charge on any atom is -0.461 e. The highest BCUT2D eigenvalue weighted by atomic mass is 32.1. The molecule has 2 rings (SSSR count). The summed E-state index contributed by atoms with van der Waals surface area (Å²) in [6, 6.07) is 0. The van der Waals surface area contributed by atoms with Crippen LogP contribution in [-0.2, 0) is 4.74 Å². The van der Waals surface area contributed by atoms with Crippen LogP contribution in [0.3, 0.4) is 0 Å². The van der Waals surface area contributed by atoms with Crippen molar-refractivity contribution in [2.24, 2.45) is 5.92 Å². The molecule has 0 aliphatic heterocycles. The Kier molecular flexibility index (Phi) is 3.50. The molecule has 88 valence electrons. The maximum atomic E-state index is 11.4. The summed E-state index contributed by atoms with van der Waals surface area (Å²) < 4.78 is 4.84. The molecule has 1 saturated carbocycles. The number of rotatable bonds is 4. The summed E-state index contributed by atoms with van der Waals surface area (Å²) in [4.78, 5) is 11.4. The Morgan fingerprint density at radius 3 is 2.94 bits per heavy atom. The molecule has 5 nitrogen and oxygen atoms in total. The Morgan fingerprint density at radius 2 is 2.31 bits per heavy atom. The Bertz CT molecular complexity index is 374. The van der Waals surface area contributed by atoms with Gasteiger partial charge in [-0.15, -0.1) is 10.2 Å². The quantitative estimate of drug-likeness (QED) is 0.803. The van der Waals surface area contributed by atoms with Crippen LogP contribution in [0, 0.1) is 5.92 Å². The monoisotopic (exact) mass is 242 g/mol. The van der Waals surface area contributed by atoms with E-state index in [0.29, 0.717) is 23.5 Å². The molecular formula is C10H14N2O3S. The fraction of sp³-hybridized carbons (Fsp3) is 0.700. The summed E-state index contributed by atoms with van der Waals surface area (Å²) in [5.74, 6) is 0.349. The number of ether oxygens (including phenoxy) is 1. The van der Waals surface area contributed by atoms with Crippen molar-refractivity contribution in [3.63, 3.8) is 0 Å². The third-order valence-corrected chi connectivity index (χ3v) is 3.80. The number of hydrogen-bond donors (Lipinski definition) is 1. The second kappa shape index (κ2) is 4.88. The van der Waals surface area contributed by atoms with Crippen molar-refractivity contribution in [2.45, 2.75) is 25.7 Å². The SMILES string of the molecule is CCOC(=O)c1nnc(C2CC(CO)C2)s1. The molecule has 0 saturated heterocycles. The summed E-state index contributed by atoms with van der Waals surface area (Å²) in [6.45, 7) is 2.35. The average Bonchev–Trinajstić information content (AvgIpc) is 2.66. The van der Waals surface area contributed by atoms with Crippen LogP contribution in [0.2, 0.25) is 0 Å². The van der Waals surface area contributed by atoms with Gasteiger partial charge in [-0.05, 0) is 25.7 Å². The second-order valence-corrected chi connectivity index (χ2v) is 4.89. The van der Waals surface area contributed by atoms with Crippen molar-refractivity contribution in [3.8, 4) is 0 Å². The topological polar surface area (TPSA) is 72.3 Å². The molecule has 0 bridgehead atoms. The fourth-order valence-corrected chi connectivity index (χ4v) is 2.62. The van der Waals surface area contributed by atoms with Gasteiger partial charge in [-0.1, -0.05) is 11.3 Å². The normalized spacial score (nSPS) is 23.9. The highest BCUT2D eigenvalue weighted by Crippen LogP contribution is 2.42. The lowest BCUT2D eigenvalue weighted by Crippen LogP contribution is -2.24. The molecule has 1 aliphatic rings. The third kappa shape index (κ3) is 2.22. The molecular weight excluding hydrogens is 228 g/mol. The minimum absolute atomic E-state index is 0.236. The molecule has 1 heterocycles. The van der Waals surface area contributed by atoms with Gasteiger partial charge in [-0.25, -0.2) is 4.79 Å². The third-order valence-electron chi connectivity index (χ3n) is 2.73. The van der Waals surface area contributed by atoms with Crippen molar-refractivity contribution in [3.05, 3.63) is 10.0 Å². The maximum absolute atomic E-state index is 11.4. The summed E-state index contributed by atoms with van der Waals surface area (Å²) in [5.41, 5.74) is 0. The van der Waals surface area contributed by atoms with Crippen LogP contribution in [0.5, 0.6) is 0 Å². The van der Waals surface area contributed by atoms with Gasteiger partial charge in [-0.2, -0.15) is 0 Å². The zero-order valence-corrected chi connectivity index (χ0v) is 9.87. The lowest BCUT2D eigenvalue weighted by Gasteiger charge is -2.31. The number of esters is 1. The number of carbonyl (C=O) groups excluding carboxylic acids is 1. The van der Waals surface area contributed by atoms with Gasteiger partial charge in [0.15, 0.2) is 0 Å². The Morgan fingerprint density at radius 1 is 1.56 bits per heavy atom. The van der Waals surface area contributed by atoms with E-state index in [2.05, 4.69) is 10.2 Å². The van der Waals surface area contributed by atoms with E-state index in [1.807, 2.05) is 0 Å². The van der Waals surface area contributed by atoms with Crippen molar-refractivity contribution in [1.82, 2.24) is 10.2 Å². The summed E-state index contributed by atoms with van der Waals surface area (Å²) in [7, 11) is 0. The van der Waals surface area contributed by atoms with E-state index in [4.69, 9.17) is 9.84 Å². The number of aliphatic hydroxyl groups excluding tert-OH is 1. The minimum atomic E-state index is -0.399. The summed E-state index contributed by atoms with van der Waals surface area (Å²) >= 11 is 1.30. The molecule has 1 aliphatic carbocycles. The van der Waals surface area contributed by atoms with Gasteiger partial charge >= 0.3 is 5.97 Å². The predicted octanol–water partition coefficient (Wildman–Crippen LogP) is 1.20. The molecule has 0 aromatic carbocycles. The van der Waals surface area contributed by atoms with Gasteiger partial charge in [0.1, 0.15) is 5.01 Å². The van der Waals surface area contributed by atoms with Crippen LogP contribution < -0.4 is 0 Å². The number of aromatic nitrogens is 2. The van der Waals surface area contributed by atoms with Crippen molar-refractivity contribution < 1.29 is 14.6 Å². The first-order valence-corrected chi connectivity index (χ1v) is 6.17. The van der Waals surface area contributed by atoms with E-state index in [0.717, 1.165) is 17.8 Å². The van der Waals surface area contributed by atoms with Gasteiger partial charge in [0.05, 0.1) is 6.61 Å². The number of nitrogens with zero attached hydrogens (tertiary/aromatic N) is 2. The Hall–Kier alpha value is -1.01. The van der Waals surface area contributed by atoms with Crippen molar-refractivity contribution in [2.75, 3.05) is 13.2 Å².